The summed E-state index contributed by atoms with van der Waals surface area (Å²) in [5.74, 6) is -1.96. The summed E-state index contributed by atoms with van der Waals surface area (Å²) in [6, 6.07) is 13.5. The van der Waals surface area contributed by atoms with Crippen molar-refractivity contribution >= 4 is 28.6 Å². The van der Waals surface area contributed by atoms with E-state index in [2.05, 4.69) is 4.98 Å². The number of aromatic nitrogens is 1. The second-order valence-corrected chi connectivity index (χ2v) is 7.35. The van der Waals surface area contributed by atoms with E-state index in [9.17, 15) is 24.6 Å². The Bertz CT molecular complexity index is 1110. The number of methoxy groups -OCH3 is 1. The molecule has 0 radical (unpaired) electrons. The summed E-state index contributed by atoms with van der Waals surface area (Å²) in [7, 11) is 1.32. The molecule has 1 aromatic heterocycles. The Balaban J connectivity index is 1.91. The van der Waals surface area contributed by atoms with Crippen LogP contribution in [0.15, 0.2) is 48.5 Å². The van der Waals surface area contributed by atoms with E-state index < -0.39 is 5.97 Å². The van der Waals surface area contributed by atoms with Gasteiger partial charge in [0.25, 0.3) is 0 Å². The normalized spacial score (nSPS) is 12.1. The van der Waals surface area contributed by atoms with E-state index in [1.807, 2.05) is 42.2 Å². The van der Waals surface area contributed by atoms with Crippen LogP contribution in [0.2, 0.25) is 0 Å². The van der Waals surface area contributed by atoms with Crippen molar-refractivity contribution in [2.24, 2.45) is 0 Å². The van der Waals surface area contributed by atoms with Gasteiger partial charge in [0.1, 0.15) is 11.4 Å². The van der Waals surface area contributed by atoms with E-state index in [0.717, 1.165) is 5.56 Å². The van der Waals surface area contributed by atoms with Crippen LogP contribution in [0, 0.1) is 0 Å². The van der Waals surface area contributed by atoms with Crippen molar-refractivity contribution < 1.29 is 29.3 Å². The van der Waals surface area contributed by atoms with Gasteiger partial charge >= 0.3 is 11.9 Å². The minimum absolute atomic E-state index is 0.000511. The summed E-state index contributed by atoms with van der Waals surface area (Å²) < 4.78 is 4.77. The summed E-state index contributed by atoms with van der Waals surface area (Å²) in [5.41, 5.74) is 1.35. The Labute approximate surface area is 179 Å². The van der Waals surface area contributed by atoms with Crippen LogP contribution < -0.4 is 0 Å². The lowest BCUT2D eigenvalue weighted by molar-refractivity contribution is -0.141. The van der Waals surface area contributed by atoms with Crippen molar-refractivity contribution in [3.8, 4) is 5.75 Å². The summed E-state index contributed by atoms with van der Waals surface area (Å²) in [4.78, 5) is 40.8. The molecule has 3 rings (SSSR count). The number of nitrogens with zero attached hydrogens (tertiary/aromatic N) is 1. The van der Waals surface area contributed by atoms with Gasteiger partial charge < -0.3 is 19.9 Å². The van der Waals surface area contributed by atoms with Crippen LogP contribution in [0.3, 0.4) is 0 Å². The standard InChI is InChI=1S/C23H24N2O6/c1-14(10-21(28)31-2)25(12-15-6-4-3-5-7-15)13-20(27)16-8-9-19(26)22-17(16)11-18(24-22)23(29)30/h3-9,11,14,24,26H,10,12-13H2,1-2H3,(H,29,30). The van der Waals surface area contributed by atoms with Gasteiger partial charge in [0, 0.05) is 23.5 Å². The first-order valence-corrected chi connectivity index (χ1v) is 9.76. The Morgan fingerprint density at radius 1 is 1.13 bits per heavy atom. The fraction of sp³-hybridized carbons (Fsp3) is 0.261. The number of esters is 1. The lowest BCUT2D eigenvalue weighted by Gasteiger charge is -2.28. The van der Waals surface area contributed by atoms with Gasteiger partial charge in [-0.15, -0.1) is 0 Å². The first kappa shape index (κ1) is 22.0. The molecular weight excluding hydrogens is 400 g/mol. The number of carboxylic acids is 1. The van der Waals surface area contributed by atoms with Gasteiger partial charge in [0.15, 0.2) is 5.78 Å². The van der Waals surface area contributed by atoms with E-state index in [4.69, 9.17) is 4.74 Å². The molecule has 3 aromatic rings. The van der Waals surface area contributed by atoms with Crippen molar-refractivity contribution in [2.45, 2.75) is 25.9 Å². The molecule has 8 nitrogen and oxygen atoms in total. The fourth-order valence-electron chi connectivity index (χ4n) is 3.47. The molecule has 0 fully saturated rings. The number of aromatic amines is 1. The molecule has 162 valence electrons. The first-order valence-electron chi connectivity index (χ1n) is 9.76. The zero-order valence-corrected chi connectivity index (χ0v) is 17.3. The second-order valence-electron chi connectivity index (χ2n) is 7.35. The number of aromatic hydroxyl groups is 1. The van der Waals surface area contributed by atoms with Gasteiger partial charge in [0.05, 0.1) is 25.6 Å². The lowest BCUT2D eigenvalue weighted by Crippen LogP contribution is -2.38. The van der Waals surface area contributed by atoms with Gasteiger partial charge in [-0.3, -0.25) is 14.5 Å². The maximum atomic E-state index is 13.2. The fourth-order valence-corrected chi connectivity index (χ4v) is 3.47. The number of nitrogens with one attached hydrogen (secondary N) is 1. The highest BCUT2D eigenvalue weighted by molar-refractivity contribution is 6.11. The number of ketones is 1. The van der Waals surface area contributed by atoms with E-state index in [1.54, 1.807) is 0 Å². The molecule has 0 saturated carbocycles. The van der Waals surface area contributed by atoms with Crippen LogP contribution >= 0.6 is 0 Å². The Morgan fingerprint density at radius 3 is 2.48 bits per heavy atom. The van der Waals surface area contributed by atoms with Gasteiger partial charge in [0.2, 0.25) is 0 Å². The maximum absolute atomic E-state index is 13.2. The average molecular weight is 424 g/mol. The molecule has 8 heteroatoms. The van der Waals surface area contributed by atoms with Crippen LogP contribution in [-0.2, 0) is 16.1 Å². The number of H-pyrrole nitrogens is 1. The molecule has 0 amide bonds. The molecule has 0 aliphatic carbocycles. The van der Waals surface area contributed by atoms with Crippen LogP contribution in [0.5, 0.6) is 5.75 Å². The monoisotopic (exact) mass is 424 g/mol. The molecule has 1 unspecified atom stereocenters. The quantitative estimate of drug-likeness (QED) is 0.356. The van der Waals surface area contributed by atoms with Crippen molar-refractivity contribution in [2.75, 3.05) is 13.7 Å². The molecule has 0 aliphatic rings. The highest BCUT2D eigenvalue weighted by Gasteiger charge is 2.23. The molecule has 0 saturated heterocycles. The number of hydrogen-bond donors (Lipinski definition) is 3. The average Bonchev–Trinajstić information content (AvgIpc) is 3.20. The van der Waals surface area contributed by atoms with Gasteiger partial charge in [-0.05, 0) is 30.7 Å². The number of phenols is 1. The van der Waals surface area contributed by atoms with Crippen molar-refractivity contribution in [3.63, 3.8) is 0 Å². The third kappa shape index (κ3) is 5.10. The Morgan fingerprint density at radius 2 is 1.84 bits per heavy atom. The largest absolute Gasteiger partial charge is 0.506 e. The van der Waals surface area contributed by atoms with Crippen molar-refractivity contribution in [3.05, 3.63) is 65.4 Å². The number of aromatic carboxylic acids is 1. The number of hydrogen-bond acceptors (Lipinski definition) is 6. The second kappa shape index (κ2) is 9.44. The number of carboxylic acid groups (broad SMARTS) is 1. The van der Waals surface area contributed by atoms with Gasteiger partial charge in [-0.2, -0.15) is 0 Å². The summed E-state index contributed by atoms with van der Waals surface area (Å²) in [5, 5.41) is 19.6. The SMILES string of the molecule is COC(=O)CC(C)N(CC(=O)c1ccc(O)c2[nH]c(C(=O)O)cc12)Cc1ccccc1. The third-order valence-corrected chi connectivity index (χ3v) is 5.19. The first-order chi connectivity index (χ1) is 14.8. The lowest BCUT2D eigenvalue weighted by atomic mass is 10.0. The number of rotatable bonds is 9. The van der Waals surface area contributed by atoms with E-state index in [-0.39, 0.29) is 47.7 Å². The number of fused-ring (bicyclic) bond motifs is 1. The van der Waals surface area contributed by atoms with E-state index >= 15 is 0 Å². The summed E-state index contributed by atoms with van der Waals surface area (Å²) >= 11 is 0. The van der Waals surface area contributed by atoms with Crippen LogP contribution in [0.25, 0.3) is 10.9 Å². The van der Waals surface area contributed by atoms with Crippen molar-refractivity contribution in [1.82, 2.24) is 9.88 Å². The number of ether oxygens (including phenoxy) is 1. The highest BCUT2D eigenvalue weighted by Crippen LogP contribution is 2.29. The van der Waals surface area contributed by atoms with Crippen LogP contribution in [0.1, 0.15) is 39.8 Å². The molecular formula is C23H24N2O6. The summed E-state index contributed by atoms with van der Waals surface area (Å²) in [6.07, 6.45) is 0.120. The van der Waals surface area contributed by atoms with Crippen LogP contribution in [-0.4, -0.2) is 57.5 Å². The smallest absolute Gasteiger partial charge is 0.352 e. The number of benzene rings is 2. The Kier molecular flexibility index (Phi) is 6.71. The molecule has 0 aliphatic heterocycles. The van der Waals surface area contributed by atoms with E-state index in [1.165, 1.54) is 25.3 Å². The molecule has 3 N–H and O–H groups in total. The number of Topliss-reactive ketones (excluding diaryl/α,β-unsaturated/α-hetero) is 1. The van der Waals surface area contributed by atoms with Crippen molar-refractivity contribution in [1.29, 1.82) is 0 Å². The minimum atomic E-state index is -1.19. The molecule has 0 spiro atoms. The van der Waals surface area contributed by atoms with Gasteiger partial charge in [-0.1, -0.05) is 30.3 Å². The highest BCUT2D eigenvalue weighted by atomic mass is 16.5. The number of carbonyl (C=O) groups excluding carboxylic acids is 2. The Hall–Kier alpha value is -3.65. The zero-order valence-electron chi connectivity index (χ0n) is 17.3. The predicted molar refractivity (Wildman–Crippen MR) is 114 cm³/mol. The molecule has 0 bridgehead atoms. The zero-order chi connectivity index (χ0) is 22.5. The summed E-state index contributed by atoms with van der Waals surface area (Å²) in [6.45, 7) is 2.29. The topological polar surface area (TPSA) is 120 Å². The van der Waals surface area contributed by atoms with Crippen LogP contribution in [0.4, 0.5) is 0 Å². The number of carbonyl (C=O) groups is 3. The molecule has 1 heterocycles. The molecule has 31 heavy (non-hydrogen) atoms. The van der Waals surface area contributed by atoms with E-state index in [0.29, 0.717) is 17.5 Å². The number of phenolic OH excluding ortho intramolecular Hbond substituents is 1. The molecule has 2 aromatic carbocycles. The maximum Gasteiger partial charge on any atom is 0.352 e. The molecule has 1 atom stereocenters. The van der Waals surface area contributed by atoms with Gasteiger partial charge in [-0.25, -0.2) is 4.79 Å². The third-order valence-electron chi connectivity index (χ3n) is 5.19. The predicted octanol–water partition coefficient (Wildman–Crippen LogP) is 3.21. The minimum Gasteiger partial charge on any atom is -0.506 e.